The maximum absolute atomic E-state index is 12.6. The van der Waals surface area contributed by atoms with Gasteiger partial charge in [0.15, 0.2) is 0 Å². The van der Waals surface area contributed by atoms with E-state index in [4.69, 9.17) is 4.74 Å². The molecule has 158 valence electrons. The summed E-state index contributed by atoms with van der Waals surface area (Å²) in [6.07, 6.45) is -0.540. The van der Waals surface area contributed by atoms with Crippen molar-refractivity contribution >= 4 is 16.0 Å². The van der Waals surface area contributed by atoms with E-state index < -0.39 is 40.2 Å². The van der Waals surface area contributed by atoms with E-state index in [-0.39, 0.29) is 6.54 Å². The first-order valence-corrected chi connectivity index (χ1v) is 11.4. The van der Waals surface area contributed by atoms with Gasteiger partial charge < -0.3 is 9.84 Å². The molecule has 0 unspecified atom stereocenters. The summed E-state index contributed by atoms with van der Waals surface area (Å²) in [6.45, 7) is 4.98. The SMILES string of the molecule is C[C@H](O)[C@H](C)C(=O)O[C@@H](c1ccccc1)[C@@H](C)N(Cc1ccccc1)S(C)(=O)=O. The summed E-state index contributed by atoms with van der Waals surface area (Å²) in [5, 5.41) is 9.74. The molecule has 1 N–H and O–H groups in total. The van der Waals surface area contributed by atoms with Gasteiger partial charge in [-0.3, -0.25) is 4.79 Å². The van der Waals surface area contributed by atoms with Crippen molar-refractivity contribution in [1.29, 1.82) is 0 Å². The first-order valence-electron chi connectivity index (χ1n) is 9.55. The fraction of sp³-hybridized carbons (Fsp3) is 0.409. The maximum Gasteiger partial charge on any atom is 0.311 e. The molecule has 2 aromatic rings. The molecule has 0 aliphatic heterocycles. The Bertz CT molecular complexity index is 884. The molecule has 0 spiro atoms. The largest absolute Gasteiger partial charge is 0.455 e. The van der Waals surface area contributed by atoms with Crippen LogP contribution in [0.15, 0.2) is 60.7 Å². The summed E-state index contributed by atoms with van der Waals surface area (Å²) >= 11 is 0. The first kappa shape index (κ1) is 23.1. The van der Waals surface area contributed by atoms with E-state index in [0.29, 0.717) is 5.56 Å². The van der Waals surface area contributed by atoms with Gasteiger partial charge in [-0.05, 0) is 31.9 Å². The van der Waals surface area contributed by atoms with E-state index in [2.05, 4.69) is 0 Å². The van der Waals surface area contributed by atoms with Gasteiger partial charge in [0, 0.05) is 6.54 Å². The lowest BCUT2D eigenvalue weighted by Crippen LogP contribution is -2.43. The average molecular weight is 420 g/mol. The highest BCUT2D eigenvalue weighted by Crippen LogP contribution is 2.29. The number of nitrogens with zero attached hydrogens (tertiary/aromatic N) is 1. The lowest BCUT2D eigenvalue weighted by atomic mass is 10.0. The molecule has 2 aromatic carbocycles. The molecular weight excluding hydrogens is 390 g/mol. The number of rotatable bonds is 9. The van der Waals surface area contributed by atoms with Gasteiger partial charge in [0.1, 0.15) is 6.10 Å². The van der Waals surface area contributed by atoms with Gasteiger partial charge in [0.2, 0.25) is 10.0 Å². The third-order valence-electron chi connectivity index (χ3n) is 4.97. The second kappa shape index (κ2) is 10.0. The van der Waals surface area contributed by atoms with Crippen LogP contribution in [0.1, 0.15) is 38.0 Å². The molecule has 0 aromatic heterocycles. The van der Waals surface area contributed by atoms with E-state index in [1.54, 1.807) is 26.0 Å². The number of benzene rings is 2. The fourth-order valence-corrected chi connectivity index (χ4v) is 4.09. The number of esters is 1. The van der Waals surface area contributed by atoms with Gasteiger partial charge in [-0.15, -0.1) is 0 Å². The lowest BCUT2D eigenvalue weighted by Gasteiger charge is -2.33. The Morgan fingerprint density at radius 2 is 1.52 bits per heavy atom. The van der Waals surface area contributed by atoms with Crippen LogP contribution in [0.3, 0.4) is 0 Å². The van der Waals surface area contributed by atoms with Gasteiger partial charge in [-0.2, -0.15) is 4.31 Å². The predicted octanol–water partition coefficient (Wildman–Crippen LogP) is 3.14. The number of ether oxygens (including phenoxy) is 1. The van der Waals surface area contributed by atoms with Crippen molar-refractivity contribution < 1.29 is 23.1 Å². The fourth-order valence-electron chi connectivity index (χ4n) is 2.99. The van der Waals surface area contributed by atoms with Crippen LogP contribution in [0, 0.1) is 5.92 Å². The van der Waals surface area contributed by atoms with Crippen molar-refractivity contribution in [2.75, 3.05) is 6.26 Å². The highest BCUT2D eigenvalue weighted by Gasteiger charge is 2.34. The summed E-state index contributed by atoms with van der Waals surface area (Å²) in [7, 11) is -3.60. The Morgan fingerprint density at radius 1 is 1.00 bits per heavy atom. The molecule has 0 aliphatic carbocycles. The number of aliphatic hydroxyl groups is 1. The van der Waals surface area contributed by atoms with Crippen LogP contribution >= 0.6 is 0 Å². The van der Waals surface area contributed by atoms with Crippen LogP contribution in [0.25, 0.3) is 0 Å². The van der Waals surface area contributed by atoms with E-state index in [1.165, 1.54) is 11.2 Å². The third-order valence-corrected chi connectivity index (χ3v) is 6.28. The van der Waals surface area contributed by atoms with E-state index in [0.717, 1.165) is 11.8 Å². The molecule has 0 aliphatic rings. The topological polar surface area (TPSA) is 83.9 Å². The molecule has 0 heterocycles. The van der Waals surface area contributed by atoms with Gasteiger partial charge in [-0.1, -0.05) is 60.7 Å². The zero-order chi connectivity index (χ0) is 21.6. The van der Waals surface area contributed by atoms with Crippen LogP contribution in [0.5, 0.6) is 0 Å². The monoisotopic (exact) mass is 419 g/mol. The second-order valence-electron chi connectivity index (χ2n) is 7.33. The molecule has 0 saturated carbocycles. The Hall–Kier alpha value is -2.22. The van der Waals surface area contributed by atoms with E-state index in [9.17, 15) is 18.3 Å². The van der Waals surface area contributed by atoms with Crippen molar-refractivity contribution in [2.24, 2.45) is 5.92 Å². The predicted molar refractivity (Wildman–Crippen MR) is 112 cm³/mol. The van der Waals surface area contributed by atoms with Gasteiger partial charge in [0.25, 0.3) is 0 Å². The minimum Gasteiger partial charge on any atom is -0.455 e. The molecule has 0 amide bonds. The highest BCUT2D eigenvalue weighted by molar-refractivity contribution is 7.88. The number of hydrogen-bond donors (Lipinski definition) is 1. The quantitative estimate of drug-likeness (QED) is 0.631. The van der Waals surface area contributed by atoms with Gasteiger partial charge in [0.05, 0.1) is 24.3 Å². The first-order chi connectivity index (χ1) is 13.6. The van der Waals surface area contributed by atoms with E-state index >= 15 is 0 Å². The number of carbonyl (C=O) groups excluding carboxylic acids is 1. The second-order valence-corrected chi connectivity index (χ2v) is 9.27. The summed E-state index contributed by atoms with van der Waals surface area (Å²) in [5.41, 5.74) is 1.52. The van der Waals surface area contributed by atoms with E-state index in [1.807, 2.05) is 48.5 Å². The minimum atomic E-state index is -3.60. The molecule has 0 radical (unpaired) electrons. The summed E-state index contributed by atoms with van der Waals surface area (Å²) < 4.78 is 32.2. The molecule has 6 nitrogen and oxygen atoms in total. The molecule has 7 heteroatoms. The van der Waals surface area contributed by atoms with Crippen LogP contribution < -0.4 is 0 Å². The summed E-state index contributed by atoms with van der Waals surface area (Å²) in [6, 6.07) is 17.7. The molecule has 29 heavy (non-hydrogen) atoms. The average Bonchev–Trinajstić information content (AvgIpc) is 2.69. The van der Waals surface area contributed by atoms with Gasteiger partial charge in [-0.25, -0.2) is 8.42 Å². The van der Waals surface area contributed by atoms with Crippen molar-refractivity contribution in [3.63, 3.8) is 0 Å². The van der Waals surface area contributed by atoms with Crippen molar-refractivity contribution in [2.45, 2.75) is 45.6 Å². The van der Waals surface area contributed by atoms with Crippen molar-refractivity contribution in [3.8, 4) is 0 Å². The Morgan fingerprint density at radius 3 is 2.00 bits per heavy atom. The Balaban J connectivity index is 2.39. The van der Waals surface area contributed by atoms with Crippen LogP contribution in [-0.2, 0) is 26.1 Å². The third kappa shape index (κ3) is 6.39. The number of sulfonamides is 1. The van der Waals surface area contributed by atoms with Crippen LogP contribution in [0.4, 0.5) is 0 Å². The summed E-state index contributed by atoms with van der Waals surface area (Å²) in [5.74, 6) is -1.30. The Labute approximate surface area is 173 Å². The summed E-state index contributed by atoms with van der Waals surface area (Å²) in [4.78, 5) is 12.6. The number of aliphatic hydroxyl groups excluding tert-OH is 1. The number of hydrogen-bond acceptors (Lipinski definition) is 5. The molecule has 0 fully saturated rings. The van der Waals surface area contributed by atoms with Crippen LogP contribution in [-0.4, -0.2) is 42.2 Å². The maximum atomic E-state index is 12.6. The minimum absolute atomic E-state index is 0.160. The number of carbonyl (C=O) groups is 1. The lowest BCUT2D eigenvalue weighted by molar-refractivity contribution is -0.159. The molecule has 0 saturated heterocycles. The normalized spacial score (nSPS) is 16.1. The van der Waals surface area contributed by atoms with Gasteiger partial charge >= 0.3 is 5.97 Å². The van der Waals surface area contributed by atoms with Crippen molar-refractivity contribution in [3.05, 3.63) is 71.8 Å². The standard InChI is InChI=1S/C22H29NO5S/c1-16(18(3)24)22(25)28-21(20-13-9-6-10-14-20)17(2)23(29(4,26)27)15-19-11-7-5-8-12-19/h5-14,16-18,21,24H,15H2,1-4H3/t16-,17+,18-,21+/m0/s1. The molecular formula is C22H29NO5S. The molecule has 0 bridgehead atoms. The highest BCUT2D eigenvalue weighted by atomic mass is 32.2. The molecule has 2 rings (SSSR count). The zero-order valence-electron chi connectivity index (χ0n) is 17.2. The Kier molecular flexibility index (Phi) is 7.96. The molecule has 4 atom stereocenters. The van der Waals surface area contributed by atoms with Crippen molar-refractivity contribution in [1.82, 2.24) is 4.31 Å². The van der Waals surface area contributed by atoms with Crippen LogP contribution in [0.2, 0.25) is 0 Å². The zero-order valence-corrected chi connectivity index (χ0v) is 18.0. The smallest absolute Gasteiger partial charge is 0.311 e.